The summed E-state index contributed by atoms with van der Waals surface area (Å²) < 4.78 is 24.0. The Bertz CT molecular complexity index is 669. The maximum Gasteiger partial charge on any atom is 0.251 e. The minimum absolute atomic E-state index is 0.127. The van der Waals surface area contributed by atoms with Gasteiger partial charge >= 0.3 is 0 Å². The lowest BCUT2D eigenvalue weighted by Crippen LogP contribution is -2.55. The molecular formula is C21H31FN4O3. The molecule has 1 N–H and O–H groups in total. The van der Waals surface area contributed by atoms with Crippen LogP contribution in [0.25, 0.3) is 0 Å². The van der Waals surface area contributed by atoms with Crippen LogP contribution in [-0.4, -0.2) is 80.3 Å². The molecule has 8 heteroatoms. The number of guanidine groups is 1. The fraction of sp³-hybridized carbons (Fsp3) is 0.619. The smallest absolute Gasteiger partial charge is 0.251 e. The molecule has 7 nitrogen and oxygen atoms in total. The Morgan fingerprint density at radius 3 is 2.62 bits per heavy atom. The van der Waals surface area contributed by atoms with Crippen LogP contribution in [0.5, 0.6) is 5.75 Å². The predicted molar refractivity (Wildman–Crippen MR) is 110 cm³/mol. The zero-order valence-electron chi connectivity index (χ0n) is 17.1. The van der Waals surface area contributed by atoms with Gasteiger partial charge in [0.1, 0.15) is 17.7 Å². The highest BCUT2D eigenvalue weighted by Gasteiger charge is 2.30. The molecule has 0 bridgehead atoms. The first kappa shape index (κ1) is 21.4. The summed E-state index contributed by atoms with van der Waals surface area (Å²) in [5, 5.41) is 3.33. The second kappa shape index (κ2) is 11.0. The standard InChI is InChI=1S/C21H31FN4O3/c1-2-23-21(24-10-4-16-28-18-8-6-17(22)7-9-18)26-13-11-25(12-14-26)20(27)19-5-3-15-29-19/h6-9,19H,2-5,10-16H2,1H3,(H,23,24). The molecule has 2 aliphatic rings. The number of hydrogen-bond acceptors (Lipinski definition) is 4. The van der Waals surface area contributed by atoms with Crippen molar-refractivity contribution in [3.05, 3.63) is 30.1 Å². The summed E-state index contributed by atoms with van der Waals surface area (Å²) in [7, 11) is 0. The van der Waals surface area contributed by atoms with E-state index in [1.54, 1.807) is 12.1 Å². The Hall–Kier alpha value is -2.35. The van der Waals surface area contributed by atoms with Gasteiger partial charge in [-0.3, -0.25) is 9.79 Å². The molecular weight excluding hydrogens is 375 g/mol. The van der Waals surface area contributed by atoms with Crippen molar-refractivity contribution in [2.45, 2.75) is 32.3 Å². The van der Waals surface area contributed by atoms with Crippen LogP contribution < -0.4 is 10.1 Å². The molecule has 1 aromatic rings. The lowest BCUT2D eigenvalue weighted by molar-refractivity contribution is -0.142. The maximum atomic E-state index is 12.9. The van der Waals surface area contributed by atoms with Crippen LogP contribution >= 0.6 is 0 Å². The van der Waals surface area contributed by atoms with E-state index in [1.807, 2.05) is 11.8 Å². The summed E-state index contributed by atoms with van der Waals surface area (Å²) in [5.41, 5.74) is 0. The SMILES string of the molecule is CCNC(=NCCCOc1ccc(F)cc1)N1CCN(C(=O)C2CCCO2)CC1. The summed E-state index contributed by atoms with van der Waals surface area (Å²) in [6.07, 6.45) is 2.33. The zero-order valence-corrected chi connectivity index (χ0v) is 17.1. The number of carbonyl (C=O) groups excluding carboxylic acids is 1. The molecule has 1 atom stereocenters. The molecule has 0 aromatic heterocycles. The van der Waals surface area contributed by atoms with E-state index in [9.17, 15) is 9.18 Å². The third kappa shape index (κ3) is 6.32. The first-order chi connectivity index (χ1) is 14.2. The van der Waals surface area contributed by atoms with E-state index in [-0.39, 0.29) is 17.8 Å². The van der Waals surface area contributed by atoms with Gasteiger partial charge in [0.05, 0.1) is 6.61 Å². The van der Waals surface area contributed by atoms with Crippen molar-refractivity contribution in [3.63, 3.8) is 0 Å². The third-order valence-electron chi connectivity index (χ3n) is 5.08. The summed E-state index contributed by atoms with van der Waals surface area (Å²) in [5.74, 6) is 1.39. The molecule has 1 aromatic carbocycles. The number of benzene rings is 1. The first-order valence-corrected chi connectivity index (χ1v) is 10.5. The van der Waals surface area contributed by atoms with Crippen LogP contribution in [0.1, 0.15) is 26.2 Å². The summed E-state index contributed by atoms with van der Waals surface area (Å²) in [4.78, 5) is 21.3. The highest BCUT2D eigenvalue weighted by Crippen LogP contribution is 2.16. The normalized spacial score (nSPS) is 20.1. The number of rotatable bonds is 7. The van der Waals surface area contributed by atoms with Crippen LogP contribution in [-0.2, 0) is 9.53 Å². The number of nitrogens with zero attached hydrogens (tertiary/aromatic N) is 3. The van der Waals surface area contributed by atoms with Crippen LogP contribution in [0.4, 0.5) is 4.39 Å². The molecule has 2 fully saturated rings. The fourth-order valence-corrected chi connectivity index (χ4v) is 3.51. The molecule has 0 aliphatic carbocycles. The topological polar surface area (TPSA) is 66.4 Å². The van der Waals surface area contributed by atoms with Crippen molar-refractivity contribution < 1.29 is 18.7 Å². The number of ether oxygens (including phenoxy) is 2. The number of piperazine rings is 1. The molecule has 2 saturated heterocycles. The summed E-state index contributed by atoms with van der Waals surface area (Å²) in [6, 6.07) is 6.03. The monoisotopic (exact) mass is 406 g/mol. The molecule has 160 valence electrons. The molecule has 3 rings (SSSR count). The molecule has 1 amide bonds. The molecule has 0 spiro atoms. The van der Waals surface area contributed by atoms with Gasteiger partial charge in [0.25, 0.3) is 5.91 Å². The van der Waals surface area contributed by atoms with E-state index in [4.69, 9.17) is 14.5 Å². The molecule has 0 saturated carbocycles. The van der Waals surface area contributed by atoms with E-state index in [0.29, 0.717) is 38.6 Å². The van der Waals surface area contributed by atoms with Crippen LogP contribution in [0, 0.1) is 5.82 Å². The minimum Gasteiger partial charge on any atom is -0.494 e. The summed E-state index contributed by atoms with van der Waals surface area (Å²) in [6.45, 7) is 7.60. The highest BCUT2D eigenvalue weighted by molar-refractivity contribution is 5.82. The Labute approximate surface area is 171 Å². The van der Waals surface area contributed by atoms with E-state index in [0.717, 1.165) is 44.9 Å². The predicted octanol–water partition coefficient (Wildman–Crippen LogP) is 1.88. The van der Waals surface area contributed by atoms with Crippen LogP contribution in [0.3, 0.4) is 0 Å². The number of carbonyl (C=O) groups is 1. The Morgan fingerprint density at radius 2 is 1.97 bits per heavy atom. The van der Waals surface area contributed by atoms with Gasteiger partial charge in [-0.2, -0.15) is 0 Å². The second-order valence-corrected chi connectivity index (χ2v) is 7.21. The van der Waals surface area contributed by atoms with Crippen LogP contribution in [0.2, 0.25) is 0 Å². The quantitative estimate of drug-likeness (QED) is 0.426. The number of amides is 1. The second-order valence-electron chi connectivity index (χ2n) is 7.21. The number of aliphatic imine (C=N–C) groups is 1. The van der Waals surface area contributed by atoms with Crippen molar-refractivity contribution in [3.8, 4) is 5.75 Å². The van der Waals surface area contributed by atoms with Crippen molar-refractivity contribution >= 4 is 11.9 Å². The Kier molecular flexibility index (Phi) is 8.10. The molecule has 29 heavy (non-hydrogen) atoms. The minimum atomic E-state index is -0.269. The number of nitrogens with one attached hydrogen (secondary N) is 1. The van der Waals surface area contributed by atoms with Gasteiger partial charge in [-0.05, 0) is 44.0 Å². The molecule has 2 heterocycles. The van der Waals surface area contributed by atoms with Crippen LogP contribution in [0.15, 0.2) is 29.3 Å². The van der Waals surface area contributed by atoms with Crippen molar-refractivity contribution in [2.24, 2.45) is 4.99 Å². The van der Waals surface area contributed by atoms with E-state index in [1.165, 1.54) is 12.1 Å². The highest BCUT2D eigenvalue weighted by atomic mass is 19.1. The van der Waals surface area contributed by atoms with Gasteiger partial charge in [-0.1, -0.05) is 0 Å². The number of halogens is 1. The Balaban J connectivity index is 1.41. The first-order valence-electron chi connectivity index (χ1n) is 10.5. The Morgan fingerprint density at radius 1 is 1.24 bits per heavy atom. The third-order valence-corrected chi connectivity index (χ3v) is 5.08. The molecule has 2 aliphatic heterocycles. The lowest BCUT2D eigenvalue weighted by Gasteiger charge is -2.37. The average Bonchev–Trinajstić information content (AvgIpc) is 3.29. The molecule has 1 unspecified atom stereocenters. The van der Waals surface area contributed by atoms with Gasteiger partial charge in [0, 0.05) is 52.3 Å². The van der Waals surface area contributed by atoms with Gasteiger partial charge in [0.2, 0.25) is 0 Å². The van der Waals surface area contributed by atoms with Gasteiger partial charge in [0.15, 0.2) is 5.96 Å². The number of hydrogen-bond donors (Lipinski definition) is 1. The summed E-state index contributed by atoms with van der Waals surface area (Å²) >= 11 is 0. The van der Waals surface area contributed by atoms with Crippen molar-refractivity contribution in [2.75, 3.05) is 52.5 Å². The van der Waals surface area contributed by atoms with E-state index < -0.39 is 0 Å². The van der Waals surface area contributed by atoms with Gasteiger partial charge in [-0.15, -0.1) is 0 Å². The van der Waals surface area contributed by atoms with Gasteiger partial charge < -0.3 is 24.6 Å². The lowest BCUT2D eigenvalue weighted by atomic mass is 10.2. The fourth-order valence-electron chi connectivity index (χ4n) is 3.51. The van der Waals surface area contributed by atoms with E-state index in [2.05, 4.69) is 10.2 Å². The van der Waals surface area contributed by atoms with Crippen molar-refractivity contribution in [1.29, 1.82) is 0 Å². The van der Waals surface area contributed by atoms with Crippen molar-refractivity contribution in [1.82, 2.24) is 15.1 Å². The largest absolute Gasteiger partial charge is 0.494 e. The average molecular weight is 407 g/mol. The van der Waals surface area contributed by atoms with Gasteiger partial charge in [-0.25, -0.2) is 4.39 Å². The molecule has 0 radical (unpaired) electrons. The van der Waals surface area contributed by atoms with E-state index >= 15 is 0 Å². The zero-order chi connectivity index (χ0) is 20.5. The maximum absolute atomic E-state index is 12.9.